The van der Waals surface area contributed by atoms with Crippen molar-refractivity contribution in [3.8, 4) is 11.1 Å². The molecule has 6 rings (SSSR count). The summed E-state index contributed by atoms with van der Waals surface area (Å²) in [5.74, 6) is 0. The van der Waals surface area contributed by atoms with Crippen molar-refractivity contribution in [1.29, 1.82) is 0 Å². The molecule has 223 valence electrons. The van der Waals surface area contributed by atoms with Crippen LogP contribution in [0.25, 0.3) is 28.3 Å². The van der Waals surface area contributed by atoms with Gasteiger partial charge >= 0.3 is 26.2 Å². The molecule has 0 amide bonds. The molecule has 0 fully saturated rings. The fraction of sp³-hybridized carbons (Fsp3) is 0.231. The van der Waals surface area contributed by atoms with Crippen molar-refractivity contribution in [2.45, 2.75) is 58.8 Å². The third kappa shape index (κ3) is 6.94. The first kappa shape index (κ1) is 36.6. The number of halogens is 4. The molecular formula is C39H35Cl4Zr. The van der Waals surface area contributed by atoms with E-state index in [1.54, 1.807) is 0 Å². The van der Waals surface area contributed by atoms with E-state index in [1.807, 2.05) is 24.3 Å². The Bertz CT molecular complexity index is 1820. The van der Waals surface area contributed by atoms with E-state index in [9.17, 15) is 0 Å². The first-order valence-electron chi connectivity index (χ1n) is 14.3. The van der Waals surface area contributed by atoms with E-state index >= 15 is 0 Å². The van der Waals surface area contributed by atoms with Crippen LogP contribution in [-0.4, -0.2) is 0 Å². The largest absolute Gasteiger partial charge is 3.00 e. The molecule has 4 aromatic carbocycles. The maximum absolute atomic E-state index is 6.37. The van der Waals surface area contributed by atoms with E-state index in [-0.39, 0.29) is 61.8 Å². The topological polar surface area (TPSA) is 0 Å². The van der Waals surface area contributed by atoms with Crippen molar-refractivity contribution in [2.75, 3.05) is 0 Å². The minimum atomic E-state index is -0.139. The Morgan fingerprint density at radius 1 is 0.705 bits per heavy atom. The van der Waals surface area contributed by atoms with Gasteiger partial charge in [0.25, 0.3) is 0 Å². The van der Waals surface area contributed by atoms with E-state index in [0.717, 1.165) is 27.6 Å². The molecule has 0 saturated heterocycles. The molecule has 0 spiro atoms. The predicted octanol–water partition coefficient (Wildman–Crippen LogP) is 3.87. The van der Waals surface area contributed by atoms with Gasteiger partial charge in [0.15, 0.2) is 0 Å². The minimum Gasteiger partial charge on any atom is -1.00 e. The molecule has 0 aliphatic heterocycles. The Kier molecular flexibility index (Phi) is 11.5. The molecule has 0 aromatic heterocycles. The van der Waals surface area contributed by atoms with Crippen molar-refractivity contribution < 1.29 is 51.0 Å². The van der Waals surface area contributed by atoms with Crippen LogP contribution >= 0.6 is 23.2 Å². The van der Waals surface area contributed by atoms with Gasteiger partial charge in [-0.15, -0.1) is 34.1 Å². The zero-order chi connectivity index (χ0) is 29.1. The standard InChI is InChI=1S/C39H35Cl2.2ClH.Zr/c1-38(2,3)28-15-20-31-27(21-28)22-33-32(31)23-34(37(39(4,5)6)36(33)24-9-7-8-10-24)35(25-11-16-29(40)17-12-25)26-13-18-30(41)19-14-26;;;/h7-9,11-21,23H,10H2,1-6H3;2*1H;/q-1;;;+3/p-2. The first-order chi connectivity index (χ1) is 19.4. The molecule has 4 aromatic rings. The maximum Gasteiger partial charge on any atom is 3.00 e. The molecule has 2 aliphatic carbocycles. The Labute approximate surface area is 303 Å². The second-order valence-electron chi connectivity index (χ2n) is 13.2. The summed E-state index contributed by atoms with van der Waals surface area (Å²) < 4.78 is 0. The zero-order valence-electron chi connectivity index (χ0n) is 25.9. The fourth-order valence-electron chi connectivity index (χ4n) is 6.15. The van der Waals surface area contributed by atoms with Gasteiger partial charge < -0.3 is 24.8 Å². The first-order valence-corrected chi connectivity index (χ1v) is 15.1. The smallest absolute Gasteiger partial charge is 1.00 e. The van der Waals surface area contributed by atoms with Crippen LogP contribution < -0.4 is 35.3 Å². The van der Waals surface area contributed by atoms with E-state index in [1.165, 1.54) is 55.0 Å². The average Bonchev–Trinajstić information content (AvgIpc) is 3.57. The molecular weight excluding hydrogens is 701 g/mol. The van der Waals surface area contributed by atoms with Gasteiger partial charge in [-0.3, -0.25) is 0 Å². The molecule has 0 nitrogen and oxygen atoms in total. The molecule has 0 bridgehead atoms. The Morgan fingerprint density at radius 3 is 1.75 bits per heavy atom. The zero-order valence-corrected chi connectivity index (χ0v) is 31.4. The molecule has 0 atom stereocenters. The van der Waals surface area contributed by atoms with Crippen LogP contribution in [0.5, 0.6) is 0 Å². The summed E-state index contributed by atoms with van der Waals surface area (Å²) in [5.41, 5.74) is 12.3. The molecule has 1 radical (unpaired) electrons. The van der Waals surface area contributed by atoms with Gasteiger partial charge in [-0.2, -0.15) is 0 Å². The third-order valence-corrected chi connectivity index (χ3v) is 8.64. The molecule has 44 heavy (non-hydrogen) atoms. The molecule has 2 aliphatic rings. The van der Waals surface area contributed by atoms with Crippen molar-refractivity contribution in [3.05, 3.63) is 145 Å². The van der Waals surface area contributed by atoms with Crippen LogP contribution in [0.4, 0.5) is 0 Å². The summed E-state index contributed by atoms with van der Waals surface area (Å²) in [6, 6.07) is 25.8. The number of fused-ring (bicyclic) bond motifs is 3. The molecule has 0 unspecified atom stereocenters. The fourth-order valence-corrected chi connectivity index (χ4v) is 6.40. The second-order valence-corrected chi connectivity index (χ2v) is 14.1. The van der Waals surface area contributed by atoms with E-state index < -0.39 is 0 Å². The molecule has 0 heterocycles. The summed E-state index contributed by atoms with van der Waals surface area (Å²) in [6.07, 6.45) is 11.5. The summed E-state index contributed by atoms with van der Waals surface area (Å²) in [5, 5.41) is 3.90. The maximum atomic E-state index is 6.37. The van der Waals surface area contributed by atoms with Crippen LogP contribution in [0, 0.1) is 0 Å². The van der Waals surface area contributed by atoms with E-state index in [4.69, 9.17) is 23.2 Å². The number of hydrogen-bond donors (Lipinski definition) is 0. The van der Waals surface area contributed by atoms with E-state index in [2.05, 4.69) is 114 Å². The van der Waals surface area contributed by atoms with Crippen molar-refractivity contribution >= 4 is 40.4 Å². The van der Waals surface area contributed by atoms with Crippen molar-refractivity contribution in [1.82, 2.24) is 0 Å². The Balaban J connectivity index is 0.00000176. The van der Waals surface area contributed by atoms with Crippen LogP contribution in [0.2, 0.25) is 10.0 Å². The number of rotatable bonds is 3. The van der Waals surface area contributed by atoms with Gasteiger partial charge in [-0.05, 0) is 63.4 Å². The molecule has 0 N–H and O–H groups in total. The summed E-state index contributed by atoms with van der Waals surface area (Å²) >= 11 is 12.7. The third-order valence-electron chi connectivity index (χ3n) is 8.14. The normalized spacial score (nSPS) is 13.0. The van der Waals surface area contributed by atoms with Gasteiger partial charge in [0, 0.05) is 10.0 Å². The SMILES string of the molecule is CC(C)(C)c1ccc2c(c1)[C-]=c1c-2cc(=C(c2ccc(Cl)cc2)c2ccc(Cl)cc2)c(C(C)(C)C)c1C1=CC=CC1.[Cl-].[Cl-].[Zr+3]. The van der Waals surface area contributed by atoms with Gasteiger partial charge in [-0.25, -0.2) is 0 Å². The van der Waals surface area contributed by atoms with Crippen LogP contribution in [0.15, 0.2) is 91.0 Å². The Morgan fingerprint density at radius 2 is 1.27 bits per heavy atom. The van der Waals surface area contributed by atoms with Crippen LogP contribution in [0.3, 0.4) is 0 Å². The number of benzene rings is 4. The average molecular weight is 737 g/mol. The summed E-state index contributed by atoms with van der Waals surface area (Å²) in [4.78, 5) is 0. The Hall–Kier alpha value is -1.86. The summed E-state index contributed by atoms with van der Waals surface area (Å²) in [6.45, 7) is 13.8. The van der Waals surface area contributed by atoms with Crippen LogP contribution in [-0.2, 0) is 37.0 Å². The van der Waals surface area contributed by atoms with Crippen molar-refractivity contribution in [3.63, 3.8) is 0 Å². The quantitative estimate of drug-likeness (QED) is 0.247. The second kappa shape index (κ2) is 13.9. The van der Waals surface area contributed by atoms with Gasteiger partial charge in [0.1, 0.15) is 0 Å². The predicted molar refractivity (Wildman–Crippen MR) is 177 cm³/mol. The number of hydrogen-bond acceptors (Lipinski definition) is 0. The number of allylic oxidation sites excluding steroid dienone is 4. The van der Waals surface area contributed by atoms with Gasteiger partial charge in [0.2, 0.25) is 0 Å². The van der Waals surface area contributed by atoms with Crippen molar-refractivity contribution in [2.24, 2.45) is 0 Å². The monoisotopic (exact) mass is 733 g/mol. The van der Waals surface area contributed by atoms with Crippen LogP contribution in [0.1, 0.15) is 81.3 Å². The van der Waals surface area contributed by atoms with Gasteiger partial charge in [0.05, 0.1) is 0 Å². The van der Waals surface area contributed by atoms with Gasteiger partial charge in [-0.1, -0.05) is 148 Å². The molecule has 0 saturated carbocycles. The van der Waals surface area contributed by atoms with E-state index in [0.29, 0.717) is 0 Å². The summed E-state index contributed by atoms with van der Waals surface area (Å²) in [7, 11) is 0. The minimum absolute atomic E-state index is 0. The molecule has 5 heteroatoms.